The topological polar surface area (TPSA) is 46.9 Å². The van der Waals surface area contributed by atoms with Crippen LogP contribution in [-0.2, 0) is 6.54 Å². The van der Waals surface area contributed by atoms with Crippen molar-refractivity contribution in [3.05, 3.63) is 43.4 Å². The summed E-state index contributed by atoms with van der Waals surface area (Å²) in [7, 11) is 0. The van der Waals surface area contributed by atoms with Gasteiger partial charge in [-0.15, -0.1) is 11.3 Å². The van der Waals surface area contributed by atoms with Gasteiger partial charge in [0.25, 0.3) is 5.56 Å². The van der Waals surface area contributed by atoms with E-state index in [4.69, 9.17) is 0 Å². The third-order valence-corrected chi connectivity index (χ3v) is 4.66. The molecule has 2 heterocycles. The van der Waals surface area contributed by atoms with E-state index in [1.165, 1.54) is 9.56 Å². The van der Waals surface area contributed by atoms with Crippen molar-refractivity contribution in [2.75, 3.05) is 5.32 Å². The Kier molecular flexibility index (Phi) is 4.76. The summed E-state index contributed by atoms with van der Waals surface area (Å²) < 4.78 is 1.97. The van der Waals surface area contributed by atoms with E-state index in [9.17, 15) is 4.79 Å². The summed E-state index contributed by atoms with van der Waals surface area (Å²) in [5.74, 6) is 0. The number of aryl methyl sites for hydroxylation is 1. The van der Waals surface area contributed by atoms with Crippen molar-refractivity contribution >= 4 is 33.0 Å². The van der Waals surface area contributed by atoms with Crippen LogP contribution in [0.2, 0.25) is 0 Å². The number of thiophene rings is 1. The fourth-order valence-electron chi connectivity index (χ4n) is 1.84. The number of rotatable bonds is 5. The largest absolute Gasteiger partial charge is 0.375 e. The number of hydrogen-bond donors (Lipinski definition) is 1. The minimum absolute atomic E-state index is 0.103. The highest BCUT2D eigenvalue weighted by atomic mass is 79.9. The van der Waals surface area contributed by atoms with E-state index in [0.717, 1.165) is 12.1 Å². The predicted molar refractivity (Wildman–Crippen MR) is 82.8 cm³/mol. The van der Waals surface area contributed by atoms with Gasteiger partial charge in [-0.05, 0) is 40.7 Å². The fraction of sp³-hybridized carbons (Fsp3) is 0.385. The van der Waals surface area contributed by atoms with Gasteiger partial charge >= 0.3 is 0 Å². The first-order valence-corrected chi connectivity index (χ1v) is 7.90. The van der Waals surface area contributed by atoms with Gasteiger partial charge in [0.15, 0.2) is 0 Å². The van der Waals surface area contributed by atoms with Crippen LogP contribution >= 0.6 is 27.3 Å². The van der Waals surface area contributed by atoms with Crippen LogP contribution in [0.4, 0.5) is 5.69 Å². The van der Waals surface area contributed by atoms with Gasteiger partial charge < -0.3 is 5.32 Å². The van der Waals surface area contributed by atoms with Gasteiger partial charge in [-0.25, -0.2) is 4.68 Å². The third-order valence-electron chi connectivity index (χ3n) is 2.91. The molecule has 2 rings (SSSR count). The Morgan fingerprint density at radius 2 is 2.32 bits per heavy atom. The lowest BCUT2D eigenvalue weighted by atomic mass is 10.2. The normalized spacial score (nSPS) is 12.4. The number of nitrogens with one attached hydrogen (secondary N) is 1. The molecule has 1 atom stereocenters. The zero-order valence-corrected chi connectivity index (χ0v) is 13.3. The lowest BCUT2D eigenvalue weighted by molar-refractivity contribution is 0.611. The van der Waals surface area contributed by atoms with Crippen molar-refractivity contribution in [3.8, 4) is 0 Å². The molecular formula is C13H16BrN3OS. The molecule has 0 saturated carbocycles. The molecule has 6 heteroatoms. The van der Waals surface area contributed by atoms with Crippen molar-refractivity contribution in [3.63, 3.8) is 0 Å². The summed E-state index contributed by atoms with van der Waals surface area (Å²) in [6, 6.07) is 4.34. The minimum Gasteiger partial charge on any atom is -0.375 e. The fourth-order valence-corrected chi connectivity index (χ4v) is 3.13. The molecular weight excluding hydrogens is 326 g/mol. The Hall–Kier alpha value is -1.14. The maximum atomic E-state index is 12.0. The smallest absolute Gasteiger partial charge is 0.283 e. The summed E-state index contributed by atoms with van der Waals surface area (Å²) in [6.45, 7) is 4.58. The Balaban J connectivity index is 2.28. The Labute approximate surface area is 124 Å². The van der Waals surface area contributed by atoms with Crippen LogP contribution in [0.5, 0.6) is 0 Å². The third kappa shape index (κ3) is 3.06. The van der Waals surface area contributed by atoms with Crippen LogP contribution in [0.15, 0.2) is 33.0 Å². The van der Waals surface area contributed by atoms with E-state index >= 15 is 0 Å². The standard InChI is InChI=1S/C13H16BrN3OS/c1-3-9(11-6-5-7-19-11)16-10-8-15-17(4-2)13(18)12(10)14/h5-9,16H,3-4H2,1-2H3. The first kappa shape index (κ1) is 14.3. The molecule has 0 radical (unpaired) electrons. The van der Waals surface area contributed by atoms with Crippen LogP contribution in [0, 0.1) is 0 Å². The summed E-state index contributed by atoms with van der Waals surface area (Å²) >= 11 is 5.07. The van der Waals surface area contributed by atoms with Crippen molar-refractivity contribution in [2.45, 2.75) is 32.9 Å². The zero-order chi connectivity index (χ0) is 13.8. The van der Waals surface area contributed by atoms with Gasteiger partial charge in [0, 0.05) is 11.4 Å². The SMILES string of the molecule is CCC(Nc1cnn(CC)c(=O)c1Br)c1cccs1. The predicted octanol–water partition coefficient (Wildman–Crippen LogP) is 3.65. The maximum absolute atomic E-state index is 12.0. The van der Waals surface area contributed by atoms with E-state index in [2.05, 4.69) is 44.7 Å². The first-order chi connectivity index (χ1) is 9.17. The van der Waals surface area contributed by atoms with Crippen LogP contribution in [0.3, 0.4) is 0 Å². The van der Waals surface area contributed by atoms with E-state index in [0.29, 0.717) is 11.0 Å². The molecule has 4 nitrogen and oxygen atoms in total. The van der Waals surface area contributed by atoms with Gasteiger partial charge in [0.05, 0.1) is 17.9 Å². The van der Waals surface area contributed by atoms with E-state index in [-0.39, 0.29) is 11.6 Å². The molecule has 0 fully saturated rings. The molecule has 0 amide bonds. The van der Waals surface area contributed by atoms with Crippen LogP contribution in [0.25, 0.3) is 0 Å². The highest BCUT2D eigenvalue weighted by molar-refractivity contribution is 9.10. The molecule has 0 saturated heterocycles. The van der Waals surface area contributed by atoms with Gasteiger partial charge in [-0.2, -0.15) is 5.10 Å². The van der Waals surface area contributed by atoms with Crippen molar-refractivity contribution in [2.24, 2.45) is 0 Å². The molecule has 0 aliphatic heterocycles. The zero-order valence-electron chi connectivity index (χ0n) is 10.9. The van der Waals surface area contributed by atoms with E-state index < -0.39 is 0 Å². The highest BCUT2D eigenvalue weighted by Crippen LogP contribution is 2.28. The van der Waals surface area contributed by atoms with Crippen LogP contribution < -0.4 is 10.9 Å². The summed E-state index contributed by atoms with van der Waals surface area (Å²) in [4.78, 5) is 13.3. The second-order valence-electron chi connectivity index (χ2n) is 4.11. The molecule has 1 unspecified atom stereocenters. The molecule has 0 spiro atoms. The summed E-state index contributed by atoms with van der Waals surface area (Å²) in [5, 5.41) is 9.58. The number of nitrogens with zero attached hydrogens (tertiary/aromatic N) is 2. The van der Waals surface area contributed by atoms with Gasteiger partial charge in [0.1, 0.15) is 4.47 Å². The molecule has 19 heavy (non-hydrogen) atoms. The number of anilines is 1. The molecule has 102 valence electrons. The van der Waals surface area contributed by atoms with E-state index in [1.54, 1.807) is 17.5 Å². The monoisotopic (exact) mass is 341 g/mol. The number of aromatic nitrogens is 2. The Bertz CT molecular complexity index is 594. The lowest BCUT2D eigenvalue weighted by Gasteiger charge is -2.17. The molecule has 2 aromatic rings. The minimum atomic E-state index is -0.103. The van der Waals surface area contributed by atoms with Crippen molar-refractivity contribution in [1.82, 2.24) is 9.78 Å². The summed E-state index contributed by atoms with van der Waals surface area (Å²) in [5.41, 5.74) is 0.642. The van der Waals surface area contributed by atoms with Crippen molar-refractivity contribution < 1.29 is 0 Å². The summed E-state index contributed by atoms with van der Waals surface area (Å²) in [6.07, 6.45) is 2.65. The maximum Gasteiger partial charge on any atom is 0.283 e. The van der Waals surface area contributed by atoms with Gasteiger partial charge in [-0.3, -0.25) is 4.79 Å². The molecule has 0 aliphatic carbocycles. The second-order valence-corrected chi connectivity index (χ2v) is 5.89. The molecule has 0 aliphatic rings. The van der Waals surface area contributed by atoms with E-state index in [1.807, 2.05) is 13.0 Å². The Morgan fingerprint density at radius 3 is 2.89 bits per heavy atom. The number of hydrogen-bond acceptors (Lipinski definition) is 4. The van der Waals surface area contributed by atoms with Crippen molar-refractivity contribution in [1.29, 1.82) is 0 Å². The molecule has 1 N–H and O–H groups in total. The first-order valence-electron chi connectivity index (χ1n) is 6.22. The lowest BCUT2D eigenvalue weighted by Crippen LogP contribution is -2.24. The average molecular weight is 342 g/mol. The quantitative estimate of drug-likeness (QED) is 0.902. The van der Waals surface area contributed by atoms with Crippen LogP contribution in [0.1, 0.15) is 31.2 Å². The Morgan fingerprint density at radius 1 is 1.53 bits per heavy atom. The molecule has 2 aromatic heterocycles. The van der Waals surface area contributed by atoms with Gasteiger partial charge in [0.2, 0.25) is 0 Å². The highest BCUT2D eigenvalue weighted by Gasteiger charge is 2.14. The van der Waals surface area contributed by atoms with Crippen LogP contribution in [-0.4, -0.2) is 9.78 Å². The number of halogens is 1. The van der Waals surface area contributed by atoms with Gasteiger partial charge in [-0.1, -0.05) is 13.0 Å². The molecule has 0 aromatic carbocycles. The average Bonchev–Trinajstić information content (AvgIpc) is 2.94. The molecule has 0 bridgehead atoms. The second kappa shape index (κ2) is 6.34.